The topological polar surface area (TPSA) is 6.48 Å². The average Bonchev–Trinajstić information content (AvgIpc) is 3.58. The van der Waals surface area contributed by atoms with E-state index in [1.54, 1.807) is 0 Å². The van der Waals surface area contributed by atoms with Gasteiger partial charge in [0.2, 0.25) is 0 Å². The van der Waals surface area contributed by atoms with Gasteiger partial charge < -0.3 is 9.80 Å². The zero-order chi connectivity index (χ0) is 40.0. The van der Waals surface area contributed by atoms with Gasteiger partial charge in [0.25, 0.3) is 0 Å². The molecule has 0 aromatic heterocycles. The number of hydrogen-bond acceptors (Lipinski definition) is 2. The standard InChI is InChI=1S/C57H48N2/c1-3-57(4-2)55-41-51(58(47-21-13-7-14-22-47)49-33-29-45(30-34-49)27-25-43-17-9-5-10-18-43)37-39-53(55)54-40-38-52(42-56(54)57)59(48-23-15-8-16-24-48)50-35-31-46(32-36-50)28-26-44-19-11-6-12-20-44/h5-42H,3-4H2,1-2H3. The summed E-state index contributed by atoms with van der Waals surface area (Å²) in [5, 5.41) is 0. The summed E-state index contributed by atoms with van der Waals surface area (Å²) in [6.07, 6.45) is 10.7. The molecule has 286 valence electrons. The van der Waals surface area contributed by atoms with Crippen LogP contribution in [0.15, 0.2) is 206 Å². The molecule has 0 N–H and O–H groups in total. The average molecular weight is 761 g/mol. The molecule has 0 saturated heterocycles. The number of anilines is 6. The van der Waals surface area contributed by atoms with E-state index in [2.05, 4.69) is 254 Å². The summed E-state index contributed by atoms with van der Waals surface area (Å²) >= 11 is 0. The highest BCUT2D eigenvalue weighted by atomic mass is 15.1. The minimum absolute atomic E-state index is 0.139. The number of benzene rings is 8. The van der Waals surface area contributed by atoms with E-state index in [0.717, 1.165) is 47.0 Å². The maximum absolute atomic E-state index is 2.47. The Balaban J connectivity index is 1.08. The van der Waals surface area contributed by atoms with Gasteiger partial charge in [0.1, 0.15) is 0 Å². The van der Waals surface area contributed by atoms with E-state index in [9.17, 15) is 0 Å². The summed E-state index contributed by atoms with van der Waals surface area (Å²) in [4.78, 5) is 4.79. The molecule has 0 saturated carbocycles. The van der Waals surface area contributed by atoms with Crippen molar-refractivity contribution in [1.82, 2.24) is 0 Å². The highest BCUT2D eigenvalue weighted by Gasteiger charge is 2.41. The molecule has 1 aliphatic rings. The van der Waals surface area contributed by atoms with Crippen molar-refractivity contribution in [3.05, 3.63) is 240 Å². The fourth-order valence-electron chi connectivity index (χ4n) is 8.79. The fraction of sp³-hybridized carbons (Fsp3) is 0.0877. The van der Waals surface area contributed by atoms with Crippen LogP contribution in [0, 0.1) is 0 Å². The van der Waals surface area contributed by atoms with Crippen LogP contribution in [0.3, 0.4) is 0 Å². The van der Waals surface area contributed by atoms with Crippen LogP contribution >= 0.6 is 0 Å². The van der Waals surface area contributed by atoms with Gasteiger partial charge in [0, 0.05) is 39.5 Å². The van der Waals surface area contributed by atoms with Crippen molar-refractivity contribution in [2.24, 2.45) is 0 Å². The molecule has 0 amide bonds. The Morgan fingerprint density at radius 3 is 0.949 bits per heavy atom. The van der Waals surface area contributed by atoms with E-state index in [4.69, 9.17) is 0 Å². The summed E-state index contributed by atoms with van der Waals surface area (Å²) in [5.41, 5.74) is 16.9. The minimum Gasteiger partial charge on any atom is -0.310 e. The zero-order valence-corrected chi connectivity index (χ0v) is 33.7. The molecule has 8 aromatic rings. The van der Waals surface area contributed by atoms with Crippen LogP contribution in [0.1, 0.15) is 60.1 Å². The Morgan fingerprint density at radius 1 is 0.322 bits per heavy atom. The number of fused-ring (bicyclic) bond motifs is 3. The maximum Gasteiger partial charge on any atom is 0.0465 e. The van der Waals surface area contributed by atoms with Gasteiger partial charge in [-0.2, -0.15) is 0 Å². The molecule has 0 heterocycles. The van der Waals surface area contributed by atoms with Crippen molar-refractivity contribution in [3.8, 4) is 11.1 Å². The van der Waals surface area contributed by atoms with Crippen molar-refractivity contribution < 1.29 is 0 Å². The summed E-state index contributed by atoms with van der Waals surface area (Å²) in [7, 11) is 0. The summed E-state index contributed by atoms with van der Waals surface area (Å²) in [6, 6.07) is 74.5. The van der Waals surface area contributed by atoms with Gasteiger partial charge >= 0.3 is 0 Å². The van der Waals surface area contributed by atoms with Gasteiger partial charge in [-0.05, 0) is 130 Å². The van der Waals surface area contributed by atoms with Gasteiger partial charge in [-0.3, -0.25) is 0 Å². The maximum atomic E-state index is 2.47. The van der Waals surface area contributed by atoms with Crippen LogP contribution in [0.25, 0.3) is 35.4 Å². The van der Waals surface area contributed by atoms with E-state index >= 15 is 0 Å². The lowest BCUT2D eigenvalue weighted by Gasteiger charge is -2.33. The molecule has 9 rings (SSSR count). The second-order valence-corrected chi connectivity index (χ2v) is 15.3. The Hall–Kier alpha value is -7.16. The van der Waals surface area contributed by atoms with E-state index < -0.39 is 0 Å². The Kier molecular flexibility index (Phi) is 10.6. The quantitative estimate of drug-likeness (QED) is 0.114. The summed E-state index contributed by atoms with van der Waals surface area (Å²) < 4.78 is 0. The highest BCUT2D eigenvalue weighted by molar-refractivity contribution is 5.89. The van der Waals surface area contributed by atoms with Crippen LogP contribution < -0.4 is 9.80 Å². The van der Waals surface area contributed by atoms with E-state index in [1.807, 2.05) is 0 Å². The second-order valence-electron chi connectivity index (χ2n) is 15.3. The third kappa shape index (κ3) is 7.54. The molecule has 2 heteroatoms. The first kappa shape index (κ1) is 37.4. The van der Waals surface area contributed by atoms with Crippen LogP contribution in [0.2, 0.25) is 0 Å². The molecule has 0 spiro atoms. The van der Waals surface area contributed by atoms with Crippen molar-refractivity contribution in [2.75, 3.05) is 9.80 Å². The molecule has 0 atom stereocenters. The van der Waals surface area contributed by atoms with Gasteiger partial charge in [-0.15, -0.1) is 0 Å². The Morgan fingerprint density at radius 2 is 0.610 bits per heavy atom. The lowest BCUT2D eigenvalue weighted by molar-refractivity contribution is 0.490. The first-order chi connectivity index (χ1) is 29.1. The molecule has 0 aliphatic heterocycles. The first-order valence-corrected chi connectivity index (χ1v) is 20.8. The van der Waals surface area contributed by atoms with Gasteiger partial charge in [-0.1, -0.05) is 172 Å². The van der Waals surface area contributed by atoms with E-state index in [0.29, 0.717) is 0 Å². The molecule has 2 nitrogen and oxygen atoms in total. The Bertz CT molecular complexity index is 2510. The lowest BCUT2D eigenvalue weighted by atomic mass is 9.73. The van der Waals surface area contributed by atoms with Gasteiger partial charge in [-0.25, -0.2) is 0 Å². The van der Waals surface area contributed by atoms with Crippen LogP contribution in [-0.2, 0) is 5.41 Å². The molecule has 0 unspecified atom stereocenters. The van der Waals surface area contributed by atoms with Crippen molar-refractivity contribution in [1.29, 1.82) is 0 Å². The van der Waals surface area contributed by atoms with Gasteiger partial charge in [0.15, 0.2) is 0 Å². The SMILES string of the molecule is CCC1(CC)c2cc(N(c3ccccc3)c3ccc(C=Cc4ccccc4)cc3)ccc2-c2ccc(N(c3ccccc3)c3ccc(C=Cc4ccccc4)cc3)cc21. The molecular formula is C57H48N2. The van der Waals surface area contributed by atoms with Crippen molar-refractivity contribution in [2.45, 2.75) is 32.1 Å². The lowest BCUT2D eigenvalue weighted by Crippen LogP contribution is -2.24. The number of para-hydroxylation sites is 2. The van der Waals surface area contributed by atoms with E-state index in [1.165, 1.54) is 44.5 Å². The monoisotopic (exact) mass is 760 g/mol. The normalized spacial score (nSPS) is 12.7. The number of nitrogens with zero attached hydrogens (tertiary/aromatic N) is 2. The van der Waals surface area contributed by atoms with Crippen molar-refractivity contribution >= 4 is 58.4 Å². The largest absolute Gasteiger partial charge is 0.310 e. The van der Waals surface area contributed by atoms with Crippen LogP contribution in [0.4, 0.5) is 34.1 Å². The third-order valence-electron chi connectivity index (χ3n) is 11.9. The smallest absolute Gasteiger partial charge is 0.0465 e. The van der Waals surface area contributed by atoms with Crippen LogP contribution in [0.5, 0.6) is 0 Å². The molecule has 1 aliphatic carbocycles. The molecule has 0 fully saturated rings. The minimum atomic E-state index is -0.139. The second kappa shape index (κ2) is 16.7. The molecule has 0 radical (unpaired) electrons. The van der Waals surface area contributed by atoms with Crippen LogP contribution in [-0.4, -0.2) is 0 Å². The number of rotatable bonds is 12. The van der Waals surface area contributed by atoms with E-state index in [-0.39, 0.29) is 5.41 Å². The third-order valence-corrected chi connectivity index (χ3v) is 11.9. The fourth-order valence-corrected chi connectivity index (χ4v) is 8.79. The summed E-state index contributed by atoms with van der Waals surface area (Å²) in [6.45, 7) is 4.71. The van der Waals surface area contributed by atoms with Crippen molar-refractivity contribution in [3.63, 3.8) is 0 Å². The molecule has 0 bridgehead atoms. The summed E-state index contributed by atoms with van der Waals surface area (Å²) in [5.74, 6) is 0. The molecule has 8 aromatic carbocycles. The predicted molar refractivity (Wildman–Crippen MR) is 253 cm³/mol. The zero-order valence-electron chi connectivity index (χ0n) is 33.7. The highest BCUT2D eigenvalue weighted by Crippen LogP contribution is 2.55. The predicted octanol–water partition coefficient (Wildman–Crippen LogP) is 16.1. The number of hydrogen-bond donors (Lipinski definition) is 0. The Labute approximate surface area is 349 Å². The van der Waals surface area contributed by atoms with Gasteiger partial charge in [0.05, 0.1) is 0 Å². The molecule has 59 heavy (non-hydrogen) atoms. The first-order valence-electron chi connectivity index (χ1n) is 20.8. The molecular weight excluding hydrogens is 713 g/mol.